The highest BCUT2D eigenvalue weighted by molar-refractivity contribution is 5.99. The number of fused-ring (bicyclic) bond motifs is 1. The zero-order valence-electron chi connectivity index (χ0n) is 20.8. The summed E-state index contributed by atoms with van der Waals surface area (Å²) in [6.45, 7) is 9.84. The summed E-state index contributed by atoms with van der Waals surface area (Å²) in [5.74, 6) is -1.59. The Morgan fingerprint density at radius 1 is 1.06 bits per heavy atom. The van der Waals surface area contributed by atoms with Crippen LogP contribution in [0.3, 0.4) is 0 Å². The van der Waals surface area contributed by atoms with Gasteiger partial charge in [-0.05, 0) is 44.9 Å². The fourth-order valence-electron chi connectivity index (χ4n) is 6.27. The van der Waals surface area contributed by atoms with Gasteiger partial charge in [0.15, 0.2) is 0 Å². The molecule has 2 bridgehead atoms. The van der Waals surface area contributed by atoms with Gasteiger partial charge in [-0.25, -0.2) is 0 Å². The van der Waals surface area contributed by atoms with Gasteiger partial charge in [-0.1, -0.05) is 40.0 Å². The smallest absolute Gasteiger partial charge is 0.245 e. The standard InChI is InChI=1S/C25H43N3O5/c1-5-7-13-27-22(31)20-25-16-17(3)24(4,33-25)18(21(30)26-12-6-2)19(25)23(32)28(20)14-10-8-9-11-15-29/h17-20,29H,5-16H2,1-4H3,(H,26,30)(H,27,31)/t17?,18-,19+,20?,24+,25?/m1/s1. The Hall–Kier alpha value is -1.67. The molecule has 0 aromatic rings. The molecule has 3 fully saturated rings. The minimum Gasteiger partial charge on any atom is -0.396 e. The molecule has 8 heteroatoms. The van der Waals surface area contributed by atoms with Crippen molar-refractivity contribution < 1.29 is 24.2 Å². The van der Waals surface area contributed by atoms with Crippen molar-refractivity contribution >= 4 is 17.7 Å². The molecule has 188 valence electrons. The lowest BCUT2D eigenvalue weighted by Gasteiger charge is -2.36. The number of aliphatic hydroxyl groups is 1. The van der Waals surface area contributed by atoms with Crippen molar-refractivity contribution in [3.8, 4) is 0 Å². The summed E-state index contributed by atoms with van der Waals surface area (Å²) in [6.07, 6.45) is 6.52. The molecule has 8 nitrogen and oxygen atoms in total. The summed E-state index contributed by atoms with van der Waals surface area (Å²) in [4.78, 5) is 42.3. The first-order valence-corrected chi connectivity index (χ1v) is 12.9. The van der Waals surface area contributed by atoms with Crippen LogP contribution in [-0.2, 0) is 19.1 Å². The van der Waals surface area contributed by atoms with Crippen LogP contribution in [0.1, 0.15) is 79.1 Å². The molecule has 3 rings (SSSR count). The van der Waals surface area contributed by atoms with Crippen LogP contribution in [0.15, 0.2) is 0 Å². The number of nitrogens with one attached hydrogen (secondary N) is 2. The average molecular weight is 466 g/mol. The van der Waals surface area contributed by atoms with Crippen LogP contribution in [0.5, 0.6) is 0 Å². The van der Waals surface area contributed by atoms with Crippen LogP contribution in [0.2, 0.25) is 0 Å². The highest BCUT2D eigenvalue weighted by Gasteiger charge is 2.79. The van der Waals surface area contributed by atoms with E-state index in [-0.39, 0.29) is 30.2 Å². The number of carbonyl (C=O) groups excluding carboxylic acids is 3. The van der Waals surface area contributed by atoms with Gasteiger partial charge in [-0.15, -0.1) is 0 Å². The van der Waals surface area contributed by atoms with Crippen LogP contribution in [0, 0.1) is 17.8 Å². The van der Waals surface area contributed by atoms with Gasteiger partial charge in [0, 0.05) is 26.2 Å². The normalized spacial score (nSPS) is 34.6. The minimum atomic E-state index is -0.957. The van der Waals surface area contributed by atoms with Crippen molar-refractivity contribution in [1.29, 1.82) is 0 Å². The molecule has 0 radical (unpaired) electrons. The fourth-order valence-corrected chi connectivity index (χ4v) is 6.27. The van der Waals surface area contributed by atoms with Gasteiger partial charge in [0.1, 0.15) is 11.6 Å². The number of amides is 3. The van der Waals surface area contributed by atoms with E-state index in [1.165, 1.54) is 0 Å². The number of likely N-dealkylation sites (tertiary alicyclic amines) is 1. The molecule has 33 heavy (non-hydrogen) atoms. The molecule has 0 saturated carbocycles. The van der Waals surface area contributed by atoms with Crippen molar-refractivity contribution in [3.63, 3.8) is 0 Å². The van der Waals surface area contributed by atoms with Crippen LogP contribution in [-0.4, -0.2) is 71.2 Å². The van der Waals surface area contributed by atoms with Gasteiger partial charge in [0.05, 0.1) is 17.4 Å². The number of carbonyl (C=O) groups is 3. The molecule has 1 spiro atoms. The summed E-state index contributed by atoms with van der Waals surface area (Å²) in [6, 6.07) is -0.710. The highest BCUT2D eigenvalue weighted by atomic mass is 16.5. The Balaban J connectivity index is 1.90. The van der Waals surface area contributed by atoms with E-state index in [4.69, 9.17) is 9.84 Å². The zero-order valence-corrected chi connectivity index (χ0v) is 20.8. The Kier molecular flexibility index (Phi) is 8.43. The number of unbranched alkanes of at least 4 members (excludes halogenated alkanes) is 4. The van der Waals surface area contributed by atoms with Crippen molar-refractivity contribution in [2.75, 3.05) is 26.2 Å². The second kappa shape index (κ2) is 10.7. The van der Waals surface area contributed by atoms with E-state index < -0.39 is 29.1 Å². The monoisotopic (exact) mass is 465 g/mol. The van der Waals surface area contributed by atoms with Gasteiger partial charge in [0.25, 0.3) is 0 Å². The van der Waals surface area contributed by atoms with E-state index in [1.807, 2.05) is 13.8 Å². The maximum atomic E-state index is 13.8. The maximum Gasteiger partial charge on any atom is 0.245 e. The second-order valence-electron chi connectivity index (χ2n) is 10.3. The maximum absolute atomic E-state index is 13.8. The van der Waals surface area contributed by atoms with E-state index in [9.17, 15) is 14.4 Å². The summed E-state index contributed by atoms with van der Waals surface area (Å²) >= 11 is 0. The Morgan fingerprint density at radius 3 is 2.42 bits per heavy atom. The summed E-state index contributed by atoms with van der Waals surface area (Å²) in [5.41, 5.74) is -1.71. The van der Waals surface area contributed by atoms with Crippen LogP contribution in [0.4, 0.5) is 0 Å². The summed E-state index contributed by atoms with van der Waals surface area (Å²) in [5, 5.41) is 15.1. The average Bonchev–Trinajstić information content (AvgIpc) is 3.29. The summed E-state index contributed by atoms with van der Waals surface area (Å²) in [7, 11) is 0. The third-order valence-electron chi connectivity index (χ3n) is 8.03. The molecule has 3 unspecified atom stereocenters. The molecule has 6 atom stereocenters. The third-order valence-corrected chi connectivity index (χ3v) is 8.03. The van der Waals surface area contributed by atoms with Crippen molar-refractivity contribution in [1.82, 2.24) is 15.5 Å². The molecule has 0 aliphatic carbocycles. The largest absolute Gasteiger partial charge is 0.396 e. The zero-order chi connectivity index (χ0) is 24.2. The van der Waals surface area contributed by atoms with Gasteiger partial charge < -0.3 is 25.4 Å². The lowest BCUT2D eigenvalue weighted by atomic mass is 9.62. The predicted molar refractivity (Wildman–Crippen MR) is 125 cm³/mol. The van der Waals surface area contributed by atoms with E-state index in [2.05, 4.69) is 24.5 Å². The molecular weight excluding hydrogens is 422 g/mol. The van der Waals surface area contributed by atoms with Gasteiger partial charge in [-0.3, -0.25) is 14.4 Å². The van der Waals surface area contributed by atoms with E-state index in [1.54, 1.807) is 4.90 Å². The van der Waals surface area contributed by atoms with Crippen molar-refractivity contribution in [2.45, 2.75) is 96.3 Å². The Labute approximate surface area is 198 Å². The molecule has 3 N–H and O–H groups in total. The second-order valence-corrected chi connectivity index (χ2v) is 10.3. The lowest BCUT2D eigenvalue weighted by Crippen LogP contribution is -2.56. The van der Waals surface area contributed by atoms with Crippen molar-refractivity contribution in [3.05, 3.63) is 0 Å². The van der Waals surface area contributed by atoms with E-state index >= 15 is 0 Å². The number of hydrogen-bond acceptors (Lipinski definition) is 5. The third kappa shape index (κ3) is 4.53. The predicted octanol–water partition coefficient (Wildman–Crippen LogP) is 1.99. The molecular formula is C25H43N3O5. The Bertz CT molecular complexity index is 731. The first-order valence-electron chi connectivity index (χ1n) is 12.9. The fraction of sp³-hybridized carbons (Fsp3) is 0.880. The van der Waals surface area contributed by atoms with Crippen LogP contribution in [0.25, 0.3) is 0 Å². The van der Waals surface area contributed by atoms with E-state index in [0.29, 0.717) is 26.1 Å². The quantitative estimate of drug-likeness (QED) is 0.361. The van der Waals surface area contributed by atoms with Gasteiger partial charge in [0.2, 0.25) is 17.7 Å². The molecule has 3 aliphatic heterocycles. The van der Waals surface area contributed by atoms with E-state index in [0.717, 1.165) is 44.9 Å². The lowest BCUT2D eigenvalue weighted by molar-refractivity contribution is -0.147. The minimum absolute atomic E-state index is 0.0642. The topological polar surface area (TPSA) is 108 Å². The first-order chi connectivity index (χ1) is 15.8. The SMILES string of the molecule is CCCCNC(=O)C1N(CCCCCCO)C(=O)[C@@H]2[C@H](C(=O)NCCC)[C@@]3(C)OC12CC3C. The number of nitrogens with zero attached hydrogens (tertiary/aromatic N) is 1. The first kappa shape index (κ1) is 25.9. The molecule has 0 aromatic heterocycles. The summed E-state index contributed by atoms with van der Waals surface area (Å²) < 4.78 is 6.67. The molecule has 3 heterocycles. The molecule has 3 saturated heterocycles. The van der Waals surface area contributed by atoms with Crippen LogP contribution < -0.4 is 10.6 Å². The number of rotatable bonds is 13. The number of hydrogen-bond donors (Lipinski definition) is 3. The molecule has 3 amide bonds. The van der Waals surface area contributed by atoms with Crippen LogP contribution >= 0.6 is 0 Å². The van der Waals surface area contributed by atoms with Gasteiger partial charge in [-0.2, -0.15) is 0 Å². The van der Waals surface area contributed by atoms with Gasteiger partial charge >= 0.3 is 0 Å². The molecule has 3 aliphatic rings. The van der Waals surface area contributed by atoms with Crippen molar-refractivity contribution in [2.24, 2.45) is 17.8 Å². The number of aliphatic hydroxyl groups excluding tert-OH is 1. The molecule has 0 aromatic carbocycles. The Morgan fingerprint density at radius 2 is 1.76 bits per heavy atom. The highest BCUT2D eigenvalue weighted by Crippen LogP contribution is 2.65. The number of ether oxygens (including phenoxy) is 1.